The summed E-state index contributed by atoms with van der Waals surface area (Å²) in [6.45, 7) is 2.37. The average Bonchev–Trinajstić information content (AvgIpc) is 3.58. The Hall–Kier alpha value is -2.16. The minimum Gasteiger partial charge on any atom is -0.147 e. The van der Waals surface area contributed by atoms with Crippen molar-refractivity contribution in [3.05, 3.63) is 130 Å². The first-order chi connectivity index (χ1) is 17.0. The topological polar surface area (TPSA) is 3.24 Å². The molecule has 0 heterocycles. The van der Waals surface area contributed by atoms with Crippen molar-refractivity contribution < 1.29 is 17.4 Å². The van der Waals surface area contributed by atoms with E-state index in [-0.39, 0.29) is 24.8 Å². The molecule has 0 aliphatic heterocycles. The summed E-state index contributed by atoms with van der Waals surface area (Å²) in [4.78, 5) is 2.36. The Morgan fingerprint density at radius 1 is 0.703 bits per heavy atom. The Morgan fingerprint density at radius 2 is 1.30 bits per heavy atom. The number of halogens is 2. The number of rotatable bonds is 5. The minimum absolute atomic E-state index is 0. The maximum Gasteiger partial charge on any atom is -0.147 e. The van der Waals surface area contributed by atoms with E-state index in [1.165, 1.54) is 28.9 Å². The third-order valence-corrected chi connectivity index (χ3v) is 34.3. The molecule has 1 nitrogen and oxygen atoms in total. The zero-order valence-corrected chi connectivity index (χ0v) is 26.9. The van der Waals surface area contributed by atoms with Gasteiger partial charge in [-0.3, -0.25) is 0 Å². The number of anilines is 1. The van der Waals surface area contributed by atoms with Gasteiger partial charge < -0.3 is 0 Å². The Balaban J connectivity index is 0.00000160. The first-order valence-electron chi connectivity index (χ1n) is 12.5. The van der Waals surface area contributed by atoms with Crippen LogP contribution in [0.25, 0.3) is 11.1 Å². The zero-order valence-electron chi connectivity index (χ0n) is 21.4. The van der Waals surface area contributed by atoms with Gasteiger partial charge in [0.25, 0.3) is 0 Å². The molecule has 0 saturated carbocycles. The number of allylic oxidation sites excluding steroid dienone is 4. The van der Waals surface area contributed by atoms with Gasteiger partial charge in [0.05, 0.1) is 0 Å². The molecule has 0 aromatic heterocycles. The normalized spacial score (nSPS) is 13.6. The van der Waals surface area contributed by atoms with Gasteiger partial charge in [0.2, 0.25) is 0 Å². The van der Waals surface area contributed by atoms with Crippen LogP contribution in [0.1, 0.15) is 17.5 Å². The molecule has 0 bridgehead atoms. The summed E-state index contributed by atoms with van der Waals surface area (Å²) >= 11 is -4.35. The third-order valence-electron chi connectivity index (χ3n) is 8.30. The molecular formula is C32H33Cl2NSiZr. The molecule has 6 rings (SSSR count). The van der Waals surface area contributed by atoms with Gasteiger partial charge in [-0.1, -0.05) is 0 Å². The quantitative estimate of drug-likeness (QED) is 0.234. The SMILES string of the molecule is CN(C)c1ccc2c([c]1[Zr](=[SiH2])([C]1=CC=CC1)([c]1ccccc1)[c]1ccccc1)Cc1ccccc1-2.Cl.Cl. The average molecular weight is 622 g/mol. The first kappa shape index (κ1) is 27.9. The summed E-state index contributed by atoms with van der Waals surface area (Å²) < 4.78 is 6.31. The molecule has 37 heavy (non-hydrogen) atoms. The fraction of sp³-hybridized carbons (Fsp3) is 0.125. The molecule has 2 aliphatic rings. The number of fused-ring (bicyclic) bond motifs is 3. The molecule has 0 N–H and O–H groups in total. The fourth-order valence-electron chi connectivity index (χ4n) is 6.64. The number of nitrogens with zero attached hydrogens (tertiary/aromatic N) is 1. The summed E-state index contributed by atoms with van der Waals surface area (Å²) in [7, 11) is 4.43. The summed E-state index contributed by atoms with van der Waals surface area (Å²) in [6, 6.07) is 36.8. The van der Waals surface area contributed by atoms with E-state index in [0.717, 1.165) is 12.8 Å². The van der Waals surface area contributed by atoms with E-state index in [0.29, 0.717) is 0 Å². The van der Waals surface area contributed by atoms with Crippen molar-refractivity contribution in [3.8, 4) is 11.1 Å². The van der Waals surface area contributed by atoms with Gasteiger partial charge in [0, 0.05) is 0 Å². The predicted molar refractivity (Wildman–Crippen MR) is 166 cm³/mol. The van der Waals surface area contributed by atoms with Crippen LogP contribution in [0.2, 0.25) is 0 Å². The molecular weight excluding hydrogens is 589 g/mol. The van der Waals surface area contributed by atoms with E-state index in [4.69, 9.17) is 0 Å². The molecule has 0 radical (unpaired) electrons. The van der Waals surface area contributed by atoms with Crippen molar-refractivity contribution in [2.24, 2.45) is 0 Å². The predicted octanol–water partition coefficient (Wildman–Crippen LogP) is 5.53. The van der Waals surface area contributed by atoms with Gasteiger partial charge in [-0.05, 0) is 0 Å². The van der Waals surface area contributed by atoms with Crippen molar-refractivity contribution in [3.63, 3.8) is 0 Å². The zero-order chi connectivity index (χ0) is 24.1. The maximum atomic E-state index is 2.46. The van der Waals surface area contributed by atoms with Crippen molar-refractivity contribution in [2.45, 2.75) is 12.8 Å². The van der Waals surface area contributed by atoms with Gasteiger partial charge in [-0.2, -0.15) is 0 Å². The van der Waals surface area contributed by atoms with Gasteiger partial charge in [0.15, 0.2) is 0 Å². The monoisotopic (exact) mass is 619 g/mol. The maximum absolute atomic E-state index is 4.35. The standard InChI is InChI=1S/C15H14N.2C6H5.C5H5.2ClH.H2Si.Zr/c1-16(2)13-7-8-15-12(10-13)9-11-5-3-4-6-14(11)15;2*1-2-4-6-5-3-1;1-2-4-5-3-1;;;;/h3-8H,9H2,1-2H3;2*1-5H;1-3H,4H2;2*1H;1H2;. The molecule has 0 amide bonds. The van der Waals surface area contributed by atoms with E-state index in [1.54, 1.807) is 12.1 Å². The van der Waals surface area contributed by atoms with Crippen LogP contribution in [-0.2, 0) is 23.8 Å². The molecule has 5 heteroatoms. The summed E-state index contributed by atoms with van der Waals surface area (Å²) in [5.41, 5.74) is 7.19. The molecule has 0 spiro atoms. The molecule has 2 aliphatic carbocycles. The number of hydrogen-bond donors (Lipinski definition) is 0. The Labute approximate surface area is 235 Å². The van der Waals surface area contributed by atoms with Crippen LogP contribution in [0.5, 0.6) is 0 Å². The number of hydrogen-bond acceptors (Lipinski definition) is 1. The second-order valence-electron chi connectivity index (χ2n) is 10.2. The van der Waals surface area contributed by atoms with E-state index in [2.05, 4.69) is 141 Å². The molecule has 0 atom stereocenters. The number of benzene rings is 4. The third kappa shape index (κ3) is 3.98. The Morgan fingerprint density at radius 3 is 1.86 bits per heavy atom. The second-order valence-corrected chi connectivity index (χ2v) is 31.4. The molecule has 4 aromatic carbocycles. The van der Waals surface area contributed by atoms with Crippen molar-refractivity contribution in [2.75, 3.05) is 19.0 Å². The van der Waals surface area contributed by atoms with E-state index < -0.39 is 17.4 Å². The van der Waals surface area contributed by atoms with Gasteiger partial charge in [-0.25, -0.2) is 0 Å². The van der Waals surface area contributed by atoms with E-state index >= 15 is 0 Å². The molecule has 188 valence electrons. The van der Waals surface area contributed by atoms with Crippen molar-refractivity contribution in [1.29, 1.82) is 0 Å². The van der Waals surface area contributed by atoms with Crippen LogP contribution in [0.4, 0.5) is 5.69 Å². The molecule has 0 fully saturated rings. The minimum atomic E-state index is -4.35. The summed E-state index contributed by atoms with van der Waals surface area (Å²) in [6.07, 6.45) is 9.14. The van der Waals surface area contributed by atoms with E-state index in [1.807, 2.05) is 0 Å². The van der Waals surface area contributed by atoms with Crippen molar-refractivity contribution in [1.82, 2.24) is 0 Å². The largest absolute Gasteiger partial charge is 0.147 e. The van der Waals surface area contributed by atoms with Crippen molar-refractivity contribution >= 4 is 47.2 Å². The van der Waals surface area contributed by atoms with Crippen LogP contribution in [0.15, 0.2) is 119 Å². The second kappa shape index (κ2) is 10.5. The first-order valence-corrected chi connectivity index (χ1v) is 23.3. The molecule has 0 unspecified atom stereocenters. The fourth-order valence-corrected chi connectivity index (χ4v) is 29.6. The smallest absolute Gasteiger partial charge is 0.147 e. The molecule has 0 saturated heterocycles. The van der Waals surface area contributed by atoms with E-state index in [9.17, 15) is 0 Å². The summed E-state index contributed by atoms with van der Waals surface area (Å²) in [5, 5.41) is 0. The van der Waals surface area contributed by atoms with Crippen LogP contribution in [-0.4, -0.2) is 21.0 Å². The molecule has 4 aromatic rings. The van der Waals surface area contributed by atoms with Crippen LogP contribution in [0.3, 0.4) is 0 Å². The van der Waals surface area contributed by atoms with Crippen LogP contribution in [0, 0.1) is 0 Å². The van der Waals surface area contributed by atoms with Gasteiger partial charge in [-0.15, -0.1) is 24.8 Å². The van der Waals surface area contributed by atoms with Gasteiger partial charge in [0.1, 0.15) is 0 Å². The summed E-state index contributed by atoms with van der Waals surface area (Å²) in [5.74, 6) is 0. The van der Waals surface area contributed by atoms with Gasteiger partial charge >= 0.3 is 212 Å². The van der Waals surface area contributed by atoms with Crippen LogP contribution < -0.4 is 14.7 Å². The Kier molecular flexibility index (Phi) is 7.94. The Bertz CT molecular complexity index is 1530. The van der Waals surface area contributed by atoms with Crippen LogP contribution >= 0.6 is 24.8 Å².